The number of hydrogen-bond donors (Lipinski definition) is 1. The lowest BCUT2D eigenvalue weighted by molar-refractivity contribution is -0.124. The maximum absolute atomic E-state index is 13.0. The average Bonchev–Trinajstić information content (AvgIpc) is 3.39. The summed E-state index contributed by atoms with van der Waals surface area (Å²) < 4.78 is 59.9. The lowest BCUT2D eigenvalue weighted by atomic mass is 10.2. The van der Waals surface area contributed by atoms with Crippen molar-refractivity contribution in [2.75, 3.05) is 32.8 Å². The molecule has 0 spiro atoms. The molecule has 1 unspecified atom stereocenters. The first-order valence-electron chi connectivity index (χ1n) is 12.0. The van der Waals surface area contributed by atoms with E-state index in [1.807, 2.05) is 0 Å². The molecule has 0 aromatic heterocycles. The first-order valence-corrected chi connectivity index (χ1v) is 15.2. The van der Waals surface area contributed by atoms with Crippen LogP contribution < -0.4 is 10.1 Å². The molecule has 2 aromatic rings. The highest BCUT2D eigenvalue weighted by molar-refractivity contribution is 7.89. The van der Waals surface area contributed by atoms with Gasteiger partial charge in [-0.2, -0.15) is 8.61 Å². The highest BCUT2D eigenvalue weighted by atomic mass is 35.5. The number of carbonyl (C=O) groups is 1. The molecule has 196 valence electrons. The van der Waals surface area contributed by atoms with Crippen molar-refractivity contribution in [1.82, 2.24) is 13.9 Å². The summed E-state index contributed by atoms with van der Waals surface area (Å²) in [5.41, 5.74) is 0. The number of amides is 1. The number of hydrogen-bond acceptors (Lipinski definition) is 6. The molecule has 9 nitrogen and oxygen atoms in total. The highest BCUT2D eigenvalue weighted by Crippen LogP contribution is 2.27. The minimum absolute atomic E-state index is 0.0979. The standard InChI is InChI=1S/C24H30ClN3O6S2/c25-19-6-10-22(11-7-19)36(32,33)28-17-4-5-23(28)24(29)26-14-18-34-20-8-12-21(13-9-20)35(30,31)27-15-2-1-3-16-27/h6-13,23H,1-5,14-18H2,(H,26,29). The number of rotatable bonds is 9. The van der Waals surface area contributed by atoms with E-state index in [0.717, 1.165) is 19.3 Å². The quantitative estimate of drug-likeness (QED) is 0.476. The Labute approximate surface area is 217 Å². The van der Waals surface area contributed by atoms with Gasteiger partial charge in [0.1, 0.15) is 18.4 Å². The SMILES string of the molecule is O=C(NCCOc1ccc(S(=O)(=O)N2CCCCC2)cc1)C1CCCN1S(=O)(=O)c1ccc(Cl)cc1. The Morgan fingerprint density at radius 3 is 2.14 bits per heavy atom. The lowest BCUT2D eigenvalue weighted by Crippen LogP contribution is -2.46. The second kappa shape index (κ2) is 11.5. The van der Waals surface area contributed by atoms with E-state index in [-0.39, 0.29) is 35.4 Å². The predicted octanol–water partition coefficient (Wildman–Crippen LogP) is 2.86. The normalized spacial score (nSPS) is 19.8. The summed E-state index contributed by atoms with van der Waals surface area (Å²) in [6.07, 6.45) is 3.82. The second-order valence-corrected chi connectivity index (χ2v) is 13.1. The molecule has 2 heterocycles. The van der Waals surface area contributed by atoms with Crippen molar-refractivity contribution in [2.24, 2.45) is 0 Å². The number of benzene rings is 2. The largest absolute Gasteiger partial charge is 0.492 e. The number of halogens is 1. The van der Waals surface area contributed by atoms with Crippen molar-refractivity contribution < 1.29 is 26.4 Å². The van der Waals surface area contributed by atoms with Gasteiger partial charge in [0.15, 0.2) is 0 Å². The molecule has 0 bridgehead atoms. The predicted molar refractivity (Wildman–Crippen MR) is 136 cm³/mol. The molecule has 1 N–H and O–H groups in total. The van der Waals surface area contributed by atoms with Gasteiger partial charge in [-0.1, -0.05) is 18.0 Å². The van der Waals surface area contributed by atoms with E-state index in [9.17, 15) is 21.6 Å². The van der Waals surface area contributed by atoms with Gasteiger partial charge >= 0.3 is 0 Å². The molecule has 36 heavy (non-hydrogen) atoms. The minimum Gasteiger partial charge on any atom is -0.492 e. The van der Waals surface area contributed by atoms with Crippen LogP contribution >= 0.6 is 11.6 Å². The Kier molecular flexibility index (Phi) is 8.56. The lowest BCUT2D eigenvalue weighted by Gasteiger charge is -2.25. The van der Waals surface area contributed by atoms with E-state index >= 15 is 0 Å². The molecular weight excluding hydrogens is 526 g/mol. The van der Waals surface area contributed by atoms with E-state index < -0.39 is 26.1 Å². The van der Waals surface area contributed by atoms with Crippen LogP contribution in [-0.2, 0) is 24.8 Å². The van der Waals surface area contributed by atoms with E-state index in [4.69, 9.17) is 16.3 Å². The van der Waals surface area contributed by atoms with E-state index in [0.29, 0.717) is 36.7 Å². The van der Waals surface area contributed by atoms with Gasteiger partial charge < -0.3 is 10.1 Å². The van der Waals surface area contributed by atoms with Crippen LogP contribution in [0.15, 0.2) is 58.3 Å². The third-order valence-electron chi connectivity index (χ3n) is 6.37. The monoisotopic (exact) mass is 555 g/mol. The van der Waals surface area contributed by atoms with Crippen molar-refractivity contribution in [3.8, 4) is 5.75 Å². The Morgan fingerprint density at radius 2 is 1.47 bits per heavy atom. The van der Waals surface area contributed by atoms with Crippen LogP contribution in [0, 0.1) is 0 Å². The first-order chi connectivity index (χ1) is 17.2. The summed E-state index contributed by atoms with van der Waals surface area (Å²) >= 11 is 5.86. The summed E-state index contributed by atoms with van der Waals surface area (Å²) in [4.78, 5) is 13.1. The molecule has 4 rings (SSSR count). The van der Waals surface area contributed by atoms with Gasteiger partial charge in [-0.3, -0.25) is 4.79 Å². The van der Waals surface area contributed by atoms with E-state index in [1.54, 1.807) is 12.1 Å². The van der Waals surface area contributed by atoms with Crippen LogP contribution in [0.5, 0.6) is 5.75 Å². The summed E-state index contributed by atoms with van der Waals surface area (Å²) in [5.74, 6) is 0.103. The van der Waals surface area contributed by atoms with Crippen molar-refractivity contribution in [1.29, 1.82) is 0 Å². The summed E-state index contributed by atoms with van der Waals surface area (Å²) in [6, 6.07) is 11.3. The molecular formula is C24H30ClN3O6S2. The van der Waals surface area contributed by atoms with Gasteiger partial charge in [-0.05, 0) is 74.2 Å². The third-order valence-corrected chi connectivity index (χ3v) is 10.5. The Balaban J connectivity index is 1.28. The fourth-order valence-corrected chi connectivity index (χ4v) is 7.75. The minimum atomic E-state index is -3.82. The van der Waals surface area contributed by atoms with Gasteiger partial charge in [0.05, 0.1) is 16.3 Å². The smallest absolute Gasteiger partial charge is 0.243 e. The number of ether oxygens (including phenoxy) is 1. The molecule has 2 fully saturated rings. The second-order valence-electron chi connectivity index (χ2n) is 8.80. The summed E-state index contributed by atoms with van der Waals surface area (Å²) in [5, 5.41) is 3.18. The van der Waals surface area contributed by atoms with Crippen LogP contribution in [0.1, 0.15) is 32.1 Å². The fraction of sp³-hybridized carbons (Fsp3) is 0.458. The molecule has 2 saturated heterocycles. The number of nitrogens with zero attached hydrogens (tertiary/aromatic N) is 2. The zero-order valence-corrected chi connectivity index (χ0v) is 22.2. The molecule has 0 radical (unpaired) electrons. The first kappa shape index (κ1) is 26.9. The Hall–Kier alpha value is -2.18. The van der Waals surface area contributed by atoms with Crippen molar-refractivity contribution >= 4 is 37.6 Å². The Morgan fingerprint density at radius 1 is 0.861 bits per heavy atom. The summed E-state index contributed by atoms with van der Waals surface area (Å²) in [7, 11) is -7.32. The molecule has 2 aliphatic rings. The summed E-state index contributed by atoms with van der Waals surface area (Å²) in [6.45, 7) is 1.68. The van der Waals surface area contributed by atoms with Crippen LogP contribution in [0.3, 0.4) is 0 Å². The molecule has 2 aromatic carbocycles. The number of piperidine rings is 1. The molecule has 1 amide bonds. The van der Waals surface area contributed by atoms with Crippen molar-refractivity contribution in [2.45, 2.75) is 47.9 Å². The number of carbonyl (C=O) groups excluding carboxylic acids is 1. The molecule has 0 saturated carbocycles. The van der Waals surface area contributed by atoms with Crippen molar-refractivity contribution in [3.05, 3.63) is 53.6 Å². The maximum Gasteiger partial charge on any atom is 0.243 e. The highest BCUT2D eigenvalue weighted by Gasteiger charge is 2.39. The molecule has 1 atom stereocenters. The topological polar surface area (TPSA) is 113 Å². The Bertz CT molecular complexity index is 1260. The molecule has 12 heteroatoms. The van der Waals surface area contributed by atoms with Gasteiger partial charge in [-0.15, -0.1) is 0 Å². The zero-order valence-electron chi connectivity index (χ0n) is 19.8. The van der Waals surface area contributed by atoms with E-state index in [2.05, 4.69) is 5.32 Å². The van der Waals surface area contributed by atoms with Gasteiger partial charge in [0, 0.05) is 24.7 Å². The van der Waals surface area contributed by atoms with E-state index in [1.165, 1.54) is 45.0 Å². The van der Waals surface area contributed by atoms with Crippen LogP contribution in [0.4, 0.5) is 0 Å². The van der Waals surface area contributed by atoms with Crippen LogP contribution in [0.2, 0.25) is 5.02 Å². The number of nitrogens with one attached hydrogen (secondary N) is 1. The van der Waals surface area contributed by atoms with Crippen molar-refractivity contribution in [3.63, 3.8) is 0 Å². The maximum atomic E-state index is 13.0. The fourth-order valence-electron chi connectivity index (χ4n) is 4.45. The zero-order chi connectivity index (χ0) is 25.8. The van der Waals surface area contributed by atoms with Gasteiger partial charge in [0.2, 0.25) is 26.0 Å². The third kappa shape index (κ3) is 6.03. The van der Waals surface area contributed by atoms with Gasteiger partial charge in [-0.25, -0.2) is 16.8 Å². The molecule has 0 aliphatic carbocycles. The number of sulfonamides is 2. The average molecular weight is 556 g/mol. The van der Waals surface area contributed by atoms with Crippen LogP contribution in [-0.4, -0.2) is 70.2 Å². The molecule has 2 aliphatic heterocycles. The van der Waals surface area contributed by atoms with Gasteiger partial charge in [0.25, 0.3) is 0 Å². The van der Waals surface area contributed by atoms with Crippen LogP contribution in [0.25, 0.3) is 0 Å².